The van der Waals surface area contributed by atoms with Crippen molar-refractivity contribution in [2.24, 2.45) is 5.92 Å². The van der Waals surface area contributed by atoms with Crippen molar-refractivity contribution in [3.05, 3.63) is 95.6 Å². The topological polar surface area (TPSA) is 84.0 Å². The second-order valence-corrected chi connectivity index (χ2v) is 8.07. The van der Waals surface area contributed by atoms with Crippen LogP contribution in [0.5, 0.6) is 5.75 Å². The Morgan fingerprint density at radius 3 is 2.21 bits per heavy atom. The maximum atomic E-state index is 12.7. The number of benzene rings is 3. The molecule has 5 rings (SSSR count). The molecule has 0 radical (unpaired) electrons. The molecule has 33 heavy (non-hydrogen) atoms. The van der Waals surface area contributed by atoms with Crippen LogP contribution in [0, 0.1) is 5.92 Å². The first kappa shape index (κ1) is 20.6. The van der Waals surface area contributed by atoms with Crippen LogP contribution in [-0.2, 0) is 16.1 Å². The van der Waals surface area contributed by atoms with Gasteiger partial charge >= 0.3 is 5.97 Å². The molecule has 2 aliphatic heterocycles. The van der Waals surface area contributed by atoms with Crippen molar-refractivity contribution in [3.63, 3.8) is 0 Å². The average Bonchev–Trinajstić information content (AvgIpc) is 3.32. The summed E-state index contributed by atoms with van der Waals surface area (Å²) in [6, 6.07) is 22.5. The second kappa shape index (κ2) is 8.35. The third-order valence-electron chi connectivity index (χ3n) is 5.85. The Morgan fingerprint density at radius 1 is 0.848 bits per heavy atom. The van der Waals surface area contributed by atoms with Crippen molar-refractivity contribution >= 4 is 29.4 Å². The summed E-state index contributed by atoms with van der Waals surface area (Å²) < 4.78 is 5.53. The molecule has 0 aliphatic carbocycles. The SMILES string of the molecule is O=C(Oc1cccc(N2C(=O)c3ccccc3C2=O)c1)[C@@H]1CC(=O)N(Cc2ccccc2)C1. The first-order chi connectivity index (χ1) is 16.0. The number of rotatable bonds is 5. The fourth-order valence-corrected chi connectivity index (χ4v) is 4.20. The predicted octanol–water partition coefficient (Wildman–Crippen LogP) is 3.44. The molecule has 0 spiro atoms. The minimum atomic E-state index is -0.579. The van der Waals surface area contributed by atoms with Gasteiger partial charge in [-0.25, -0.2) is 4.90 Å². The molecule has 0 bridgehead atoms. The molecule has 0 N–H and O–H groups in total. The largest absolute Gasteiger partial charge is 0.426 e. The smallest absolute Gasteiger partial charge is 0.316 e. The monoisotopic (exact) mass is 440 g/mol. The number of hydrogen-bond acceptors (Lipinski definition) is 5. The molecule has 1 fully saturated rings. The molecule has 1 saturated heterocycles. The van der Waals surface area contributed by atoms with Crippen LogP contribution >= 0.6 is 0 Å². The number of carbonyl (C=O) groups is 4. The van der Waals surface area contributed by atoms with Gasteiger partial charge < -0.3 is 9.64 Å². The molecule has 1 atom stereocenters. The quantitative estimate of drug-likeness (QED) is 0.345. The van der Waals surface area contributed by atoms with Crippen molar-refractivity contribution < 1.29 is 23.9 Å². The first-order valence-electron chi connectivity index (χ1n) is 10.6. The molecule has 164 valence electrons. The number of ether oxygens (including phenoxy) is 1. The molecular weight excluding hydrogens is 420 g/mol. The van der Waals surface area contributed by atoms with Crippen LogP contribution < -0.4 is 9.64 Å². The number of amides is 3. The van der Waals surface area contributed by atoms with Crippen LogP contribution in [0.2, 0.25) is 0 Å². The number of carbonyl (C=O) groups excluding carboxylic acids is 4. The lowest BCUT2D eigenvalue weighted by Gasteiger charge is -2.17. The summed E-state index contributed by atoms with van der Waals surface area (Å²) in [5, 5.41) is 0. The fourth-order valence-electron chi connectivity index (χ4n) is 4.20. The predicted molar refractivity (Wildman–Crippen MR) is 120 cm³/mol. The summed E-state index contributed by atoms with van der Waals surface area (Å²) in [5.74, 6) is -1.82. The number of anilines is 1. The van der Waals surface area contributed by atoms with Gasteiger partial charge in [0.15, 0.2) is 0 Å². The van der Waals surface area contributed by atoms with Gasteiger partial charge in [0.05, 0.1) is 22.7 Å². The molecule has 0 unspecified atom stereocenters. The van der Waals surface area contributed by atoms with E-state index in [1.165, 1.54) is 6.07 Å². The molecule has 0 aromatic heterocycles. The minimum Gasteiger partial charge on any atom is -0.426 e. The zero-order chi connectivity index (χ0) is 22.9. The van der Waals surface area contributed by atoms with Gasteiger partial charge in [0, 0.05) is 25.6 Å². The highest BCUT2D eigenvalue weighted by Crippen LogP contribution is 2.31. The summed E-state index contributed by atoms with van der Waals surface area (Å²) in [7, 11) is 0. The van der Waals surface area contributed by atoms with Crippen LogP contribution in [0.25, 0.3) is 0 Å². The molecular formula is C26H20N2O5. The number of fused-ring (bicyclic) bond motifs is 1. The van der Waals surface area contributed by atoms with Gasteiger partial charge in [-0.1, -0.05) is 48.5 Å². The van der Waals surface area contributed by atoms with Crippen LogP contribution in [-0.4, -0.2) is 35.1 Å². The lowest BCUT2D eigenvalue weighted by atomic mass is 10.1. The Morgan fingerprint density at radius 2 is 1.52 bits per heavy atom. The van der Waals surface area contributed by atoms with Crippen LogP contribution in [0.1, 0.15) is 32.7 Å². The molecule has 7 heteroatoms. The van der Waals surface area contributed by atoms with Crippen LogP contribution in [0.15, 0.2) is 78.9 Å². The standard InChI is InChI=1S/C26H20N2O5/c29-23-13-18(16-27(23)15-17-7-2-1-3-8-17)26(32)33-20-10-6-9-19(14-20)28-24(30)21-11-4-5-12-22(21)25(28)31/h1-12,14,18H,13,15-16H2/t18-/m1/s1. The van der Waals surface area contributed by atoms with Gasteiger partial charge in [0.1, 0.15) is 5.75 Å². The Labute approximate surface area is 190 Å². The van der Waals surface area contributed by atoms with Gasteiger partial charge in [0.2, 0.25) is 5.91 Å². The molecule has 3 aromatic rings. The second-order valence-electron chi connectivity index (χ2n) is 8.07. The third kappa shape index (κ3) is 3.89. The summed E-state index contributed by atoms with van der Waals surface area (Å²) in [6.45, 7) is 0.726. The van der Waals surface area contributed by atoms with Crippen molar-refractivity contribution in [3.8, 4) is 5.75 Å². The lowest BCUT2D eigenvalue weighted by Crippen LogP contribution is -2.29. The third-order valence-corrected chi connectivity index (χ3v) is 5.85. The van der Waals surface area contributed by atoms with Crippen molar-refractivity contribution in [2.45, 2.75) is 13.0 Å². The van der Waals surface area contributed by atoms with E-state index in [0.29, 0.717) is 23.4 Å². The van der Waals surface area contributed by atoms with Gasteiger partial charge in [-0.3, -0.25) is 19.2 Å². The highest BCUT2D eigenvalue weighted by Gasteiger charge is 2.37. The molecule has 0 saturated carbocycles. The van der Waals surface area contributed by atoms with Gasteiger partial charge in [0.25, 0.3) is 11.8 Å². The number of likely N-dealkylation sites (tertiary alicyclic amines) is 1. The fraction of sp³-hybridized carbons (Fsp3) is 0.154. The summed E-state index contributed by atoms with van der Waals surface area (Å²) in [6.07, 6.45) is 0.0871. The average molecular weight is 440 g/mol. The van der Waals surface area contributed by atoms with E-state index in [1.54, 1.807) is 47.4 Å². The molecule has 3 aromatic carbocycles. The van der Waals surface area contributed by atoms with E-state index in [9.17, 15) is 19.2 Å². The van der Waals surface area contributed by atoms with Gasteiger partial charge in [-0.15, -0.1) is 0 Å². The number of nitrogens with zero attached hydrogens (tertiary/aromatic N) is 2. The number of imide groups is 1. The van der Waals surface area contributed by atoms with Crippen molar-refractivity contribution in [1.29, 1.82) is 0 Å². The van der Waals surface area contributed by atoms with E-state index in [2.05, 4.69) is 0 Å². The molecule has 2 aliphatic rings. The van der Waals surface area contributed by atoms with E-state index in [0.717, 1.165) is 10.5 Å². The van der Waals surface area contributed by atoms with E-state index >= 15 is 0 Å². The molecule has 7 nitrogen and oxygen atoms in total. The lowest BCUT2D eigenvalue weighted by molar-refractivity contribution is -0.139. The van der Waals surface area contributed by atoms with E-state index < -0.39 is 23.7 Å². The normalized spacial score (nSPS) is 17.5. The highest BCUT2D eigenvalue weighted by atomic mass is 16.5. The summed E-state index contributed by atoms with van der Waals surface area (Å²) in [4.78, 5) is 53.3. The number of esters is 1. The van der Waals surface area contributed by atoms with Crippen LogP contribution in [0.3, 0.4) is 0 Å². The zero-order valence-corrected chi connectivity index (χ0v) is 17.6. The zero-order valence-electron chi connectivity index (χ0n) is 17.6. The van der Waals surface area contributed by atoms with E-state index in [4.69, 9.17) is 4.74 Å². The van der Waals surface area contributed by atoms with Crippen molar-refractivity contribution in [2.75, 3.05) is 11.4 Å². The van der Waals surface area contributed by atoms with Gasteiger partial charge in [-0.2, -0.15) is 0 Å². The number of hydrogen-bond donors (Lipinski definition) is 0. The Balaban J connectivity index is 1.28. The molecule has 2 heterocycles. The Bertz CT molecular complexity index is 1240. The Hall–Kier alpha value is -4.26. The van der Waals surface area contributed by atoms with Gasteiger partial charge in [-0.05, 0) is 29.8 Å². The first-order valence-corrected chi connectivity index (χ1v) is 10.6. The van der Waals surface area contributed by atoms with Crippen molar-refractivity contribution in [1.82, 2.24) is 4.90 Å². The maximum Gasteiger partial charge on any atom is 0.316 e. The Kier molecular flexibility index (Phi) is 5.22. The van der Waals surface area contributed by atoms with E-state index in [1.807, 2.05) is 30.3 Å². The van der Waals surface area contributed by atoms with E-state index in [-0.39, 0.29) is 24.6 Å². The maximum absolute atomic E-state index is 12.7. The molecule has 3 amide bonds. The van der Waals surface area contributed by atoms with Crippen LogP contribution in [0.4, 0.5) is 5.69 Å². The summed E-state index contributed by atoms with van der Waals surface area (Å²) >= 11 is 0. The highest BCUT2D eigenvalue weighted by molar-refractivity contribution is 6.34. The summed E-state index contributed by atoms with van der Waals surface area (Å²) in [5.41, 5.74) is 1.99. The minimum absolute atomic E-state index is 0.0871.